The third-order valence-corrected chi connectivity index (χ3v) is 4.54. The van der Waals surface area contributed by atoms with E-state index in [1.807, 2.05) is 24.1 Å². The summed E-state index contributed by atoms with van der Waals surface area (Å²) in [6.45, 7) is 4.73. The van der Waals surface area contributed by atoms with Crippen LogP contribution in [0.2, 0.25) is 0 Å². The van der Waals surface area contributed by atoms with E-state index in [1.165, 1.54) is 0 Å². The first kappa shape index (κ1) is 15.7. The van der Waals surface area contributed by atoms with E-state index in [0.717, 1.165) is 56.8 Å². The molecule has 23 heavy (non-hydrogen) atoms. The number of anilines is 1. The van der Waals surface area contributed by atoms with Crippen LogP contribution in [0.1, 0.15) is 32.6 Å². The zero-order valence-electron chi connectivity index (χ0n) is 13.9. The zero-order valence-corrected chi connectivity index (χ0v) is 13.9. The first-order chi connectivity index (χ1) is 11.2. The minimum absolute atomic E-state index is 0.145. The summed E-state index contributed by atoms with van der Waals surface area (Å²) in [4.78, 5) is 16.6. The first-order valence-corrected chi connectivity index (χ1v) is 8.36. The van der Waals surface area contributed by atoms with E-state index < -0.39 is 0 Å². The van der Waals surface area contributed by atoms with Crippen molar-refractivity contribution < 1.29 is 4.79 Å². The van der Waals surface area contributed by atoms with Crippen LogP contribution in [0.4, 0.5) is 5.82 Å². The van der Waals surface area contributed by atoms with E-state index in [4.69, 9.17) is 0 Å². The molecule has 0 aromatic carbocycles. The van der Waals surface area contributed by atoms with Crippen molar-refractivity contribution in [1.82, 2.24) is 24.7 Å². The number of nitrogens with zero attached hydrogens (tertiary/aromatic N) is 6. The van der Waals surface area contributed by atoms with Crippen LogP contribution in [0, 0.1) is 5.92 Å². The Bertz CT molecular complexity index is 661. The fourth-order valence-corrected chi connectivity index (χ4v) is 3.06. The molecule has 0 unspecified atom stereocenters. The molecule has 2 aromatic rings. The summed E-state index contributed by atoms with van der Waals surface area (Å²) >= 11 is 0. The molecule has 0 radical (unpaired) electrons. The molecule has 3 heterocycles. The lowest BCUT2D eigenvalue weighted by molar-refractivity contribution is -0.134. The molecule has 7 nitrogen and oxygen atoms in total. The minimum atomic E-state index is 0.145. The van der Waals surface area contributed by atoms with Crippen LogP contribution in [0.3, 0.4) is 0 Å². The minimum Gasteiger partial charge on any atom is -0.355 e. The van der Waals surface area contributed by atoms with Gasteiger partial charge in [-0.05, 0) is 31.4 Å². The van der Waals surface area contributed by atoms with Crippen molar-refractivity contribution >= 4 is 17.4 Å². The molecule has 7 heteroatoms. The Labute approximate surface area is 136 Å². The Morgan fingerprint density at radius 3 is 2.87 bits per heavy atom. The number of hydrogen-bond donors (Lipinski definition) is 0. The predicted octanol–water partition coefficient (Wildman–Crippen LogP) is 1.60. The summed E-state index contributed by atoms with van der Waals surface area (Å²) in [7, 11) is 1.92. The standard InChI is InChI=1S/C16H24N6O/c1-3-4-9-20(2)16(23)13-7-10-21(11-8-13)15-6-5-14-18-17-12-22(14)19-15/h5-6,12-13H,3-4,7-11H2,1-2H3. The highest BCUT2D eigenvalue weighted by atomic mass is 16.2. The van der Waals surface area contributed by atoms with Crippen molar-refractivity contribution in [3.05, 3.63) is 18.5 Å². The monoisotopic (exact) mass is 316 g/mol. The maximum absolute atomic E-state index is 12.5. The van der Waals surface area contributed by atoms with Gasteiger partial charge in [0.1, 0.15) is 12.1 Å². The Balaban J connectivity index is 1.58. The van der Waals surface area contributed by atoms with Crippen LogP contribution >= 0.6 is 0 Å². The van der Waals surface area contributed by atoms with Gasteiger partial charge in [-0.2, -0.15) is 4.52 Å². The number of hydrogen-bond acceptors (Lipinski definition) is 5. The van der Waals surface area contributed by atoms with Crippen LogP contribution in [-0.2, 0) is 4.79 Å². The lowest BCUT2D eigenvalue weighted by Gasteiger charge is -2.33. The van der Waals surface area contributed by atoms with E-state index >= 15 is 0 Å². The average molecular weight is 316 g/mol. The molecule has 1 aliphatic heterocycles. The van der Waals surface area contributed by atoms with Crippen molar-refractivity contribution in [1.29, 1.82) is 0 Å². The lowest BCUT2D eigenvalue weighted by Crippen LogP contribution is -2.41. The second-order valence-corrected chi connectivity index (χ2v) is 6.20. The van der Waals surface area contributed by atoms with Gasteiger partial charge in [-0.25, -0.2) is 0 Å². The van der Waals surface area contributed by atoms with E-state index in [-0.39, 0.29) is 5.92 Å². The van der Waals surface area contributed by atoms with Gasteiger partial charge in [0.15, 0.2) is 5.65 Å². The molecule has 0 saturated carbocycles. The fraction of sp³-hybridized carbons (Fsp3) is 0.625. The Hall–Kier alpha value is -2.18. The molecular formula is C16H24N6O. The molecule has 3 rings (SSSR count). The average Bonchev–Trinajstić information content (AvgIpc) is 3.06. The molecular weight excluding hydrogens is 292 g/mol. The summed E-state index contributed by atoms with van der Waals surface area (Å²) < 4.78 is 1.69. The number of carbonyl (C=O) groups excluding carboxylic acids is 1. The normalized spacial score (nSPS) is 16.0. The molecule has 0 atom stereocenters. The van der Waals surface area contributed by atoms with Gasteiger partial charge < -0.3 is 9.80 Å². The van der Waals surface area contributed by atoms with Gasteiger partial charge in [0.2, 0.25) is 5.91 Å². The van der Waals surface area contributed by atoms with Crippen LogP contribution in [0.5, 0.6) is 0 Å². The molecule has 1 amide bonds. The third kappa shape index (κ3) is 3.43. The second-order valence-electron chi connectivity index (χ2n) is 6.20. The van der Waals surface area contributed by atoms with Crippen molar-refractivity contribution in [3.63, 3.8) is 0 Å². The summed E-state index contributed by atoms with van der Waals surface area (Å²) in [5.74, 6) is 1.36. The highest BCUT2D eigenvalue weighted by Crippen LogP contribution is 2.23. The van der Waals surface area contributed by atoms with Gasteiger partial charge in [-0.15, -0.1) is 15.3 Å². The number of fused-ring (bicyclic) bond motifs is 1. The van der Waals surface area contributed by atoms with Gasteiger partial charge in [0, 0.05) is 32.6 Å². The van der Waals surface area contributed by atoms with E-state index in [2.05, 4.69) is 27.1 Å². The number of amides is 1. The van der Waals surface area contributed by atoms with Crippen LogP contribution in [-0.4, -0.2) is 57.3 Å². The maximum Gasteiger partial charge on any atom is 0.225 e. The van der Waals surface area contributed by atoms with E-state index in [1.54, 1.807) is 10.8 Å². The predicted molar refractivity (Wildman–Crippen MR) is 88.3 cm³/mol. The van der Waals surface area contributed by atoms with Gasteiger partial charge in [0.25, 0.3) is 0 Å². The molecule has 0 bridgehead atoms. The summed E-state index contributed by atoms with van der Waals surface area (Å²) in [6.07, 6.45) is 5.57. The molecule has 1 saturated heterocycles. The number of carbonyl (C=O) groups is 1. The lowest BCUT2D eigenvalue weighted by atomic mass is 9.95. The maximum atomic E-state index is 12.5. The summed E-state index contributed by atoms with van der Waals surface area (Å²) in [5.41, 5.74) is 0.747. The number of unbranched alkanes of at least 4 members (excludes halogenated alkanes) is 1. The fourth-order valence-electron chi connectivity index (χ4n) is 3.06. The summed E-state index contributed by atoms with van der Waals surface area (Å²) in [5, 5.41) is 12.3. The molecule has 0 N–H and O–H groups in total. The van der Waals surface area contributed by atoms with Crippen molar-refractivity contribution in [2.75, 3.05) is 31.6 Å². The highest BCUT2D eigenvalue weighted by Gasteiger charge is 2.27. The molecule has 1 aliphatic rings. The van der Waals surface area contributed by atoms with Crippen molar-refractivity contribution in [2.45, 2.75) is 32.6 Å². The number of rotatable bonds is 5. The van der Waals surface area contributed by atoms with Crippen LogP contribution in [0.25, 0.3) is 5.65 Å². The first-order valence-electron chi connectivity index (χ1n) is 8.36. The van der Waals surface area contributed by atoms with Crippen LogP contribution < -0.4 is 4.90 Å². The SMILES string of the molecule is CCCCN(C)C(=O)C1CCN(c2ccc3nncn3n2)CC1. The molecule has 0 aliphatic carbocycles. The third-order valence-electron chi connectivity index (χ3n) is 4.54. The van der Waals surface area contributed by atoms with Crippen LogP contribution in [0.15, 0.2) is 18.5 Å². The zero-order chi connectivity index (χ0) is 16.2. The Morgan fingerprint density at radius 1 is 1.35 bits per heavy atom. The Morgan fingerprint density at radius 2 is 2.13 bits per heavy atom. The number of piperidine rings is 1. The van der Waals surface area contributed by atoms with E-state index in [9.17, 15) is 4.79 Å². The van der Waals surface area contributed by atoms with Crippen molar-refractivity contribution in [3.8, 4) is 0 Å². The topological polar surface area (TPSA) is 66.6 Å². The molecule has 0 spiro atoms. The second kappa shape index (κ2) is 6.93. The molecule has 2 aromatic heterocycles. The van der Waals surface area contributed by atoms with Gasteiger partial charge in [0.05, 0.1) is 0 Å². The smallest absolute Gasteiger partial charge is 0.225 e. The van der Waals surface area contributed by atoms with Crippen molar-refractivity contribution in [2.24, 2.45) is 5.92 Å². The summed E-state index contributed by atoms with van der Waals surface area (Å²) in [6, 6.07) is 3.89. The quantitative estimate of drug-likeness (QED) is 0.838. The number of aromatic nitrogens is 4. The van der Waals surface area contributed by atoms with Gasteiger partial charge in [-0.1, -0.05) is 13.3 Å². The Kier molecular flexibility index (Phi) is 4.73. The molecule has 124 valence electrons. The van der Waals surface area contributed by atoms with E-state index in [0.29, 0.717) is 5.91 Å². The van der Waals surface area contributed by atoms with Gasteiger partial charge in [-0.3, -0.25) is 4.79 Å². The molecule has 1 fully saturated rings. The highest BCUT2D eigenvalue weighted by molar-refractivity contribution is 5.78. The van der Waals surface area contributed by atoms with Gasteiger partial charge >= 0.3 is 0 Å². The largest absolute Gasteiger partial charge is 0.355 e.